The van der Waals surface area contributed by atoms with Crippen LogP contribution in [-0.2, 0) is 9.53 Å². The van der Waals surface area contributed by atoms with E-state index < -0.39 is 30.0 Å². The lowest BCUT2D eigenvalue weighted by Gasteiger charge is -2.21. The van der Waals surface area contributed by atoms with Crippen LogP contribution in [0.4, 0.5) is 26.7 Å². The van der Waals surface area contributed by atoms with Crippen LogP contribution < -0.4 is 14.8 Å². The van der Waals surface area contributed by atoms with Crippen molar-refractivity contribution in [3.8, 4) is 11.5 Å². The van der Waals surface area contributed by atoms with Gasteiger partial charge in [-0.15, -0.1) is 0 Å². The molecule has 2 aromatic carbocycles. The first-order valence-corrected chi connectivity index (χ1v) is 14.4. The molecule has 1 N–H and O–H groups in total. The van der Waals surface area contributed by atoms with Gasteiger partial charge in [-0.25, -0.2) is 13.6 Å². The van der Waals surface area contributed by atoms with E-state index in [1.165, 1.54) is 37.4 Å². The molecule has 0 bridgehead atoms. The van der Waals surface area contributed by atoms with Gasteiger partial charge in [0, 0.05) is 43.3 Å². The Bertz CT molecular complexity index is 1320. The predicted molar refractivity (Wildman–Crippen MR) is 167 cm³/mol. The van der Waals surface area contributed by atoms with Gasteiger partial charge in [0.05, 0.1) is 19.8 Å². The number of Topliss-reactive ketones (excluding diaryl/α,β-unsaturated/α-hetero) is 1. The van der Waals surface area contributed by atoms with Crippen molar-refractivity contribution in [1.82, 2.24) is 5.32 Å². The number of amides is 1. The molecule has 258 valence electrons. The second-order valence-electron chi connectivity index (χ2n) is 10.8. The van der Waals surface area contributed by atoms with E-state index >= 15 is 0 Å². The van der Waals surface area contributed by atoms with Crippen molar-refractivity contribution in [2.75, 3.05) is 14.2 Å². The van der Waals surface area contributed by atoms with Gasteiger partial charge in [-0.2, -0.15) is 13.2 Å². The maximum Gasteiger partial charge on any atom is 0.446 e. The molecule has 1 amide bonds. The Balaban J connectivity index is 0.000000748. The number of carbonyl (C=O) groups excluding carboxylic acids is 3. The van der Waals surface area contributed by atoms with Gasteiger partial charge in [0.25, 0.3) is 0 Å². The number of halogens is 5. The third kappa shape index (κ3) is 16.9. The summed E-state index contributed by atoms with van der Waals surface area (Å²) < 4.78 is 78.9. The van der Waals surface area contributed by atoms with Crippen molar-refractivity contribution in [1.29, 1.82) is 0 Å². The zero-order valence-electron chi connectivity index (χ0n) is 28.5. The fourth-order valence-corrected chi connectivity index (χ4v) is 3.81. The van der Waals surface area contributed by atoms with Crippen LogP contribution in [0.2, 0.25) is 0 Å². The molecule has 2 unspecified atom stereocenters. The van der Waals surface area contributed by atoms with Crippen LogP contribution >= 0.6 is 0 Å². The number of benzene rings is 2. The number of nitrogens with one attached hydrogen (secondary N) is 1. The van der Waals surface area contributed by atoms with Crippen LogP contribution in [0.1, 0.15) is 91.4 Å². The second-order valence-corrected chi connectivity index (χ2v) is 10.8. The largest absolute Gasteiger partial charge is 0.496 e. The highest BCUT2D eigenvalue weighted by atomic mass is 19.4. The van der Waals surface area contributed by atoms with Gasteiger partial charge >= 0.3 is 12.3 Å². The molecule has 0 fully saturated rings. The number of methoxy groups -OCH3 is 2. The maximum atomic E-state index is 13.1. The SMILES string of the molecule is COc1cc(F)ccc1C(=O)CCC(C)NC(=O)OC(C)(C)C.COc1cc(F)ccc1C1=NC(C)CC1.O=CC(F)(F)F.[2H]CC. The standard InChI is InChI=1S/C17H24FNO4.C12H14FNO.C2HF3O.C2H6/c1-11(19-16(21)23-17(2,3)4)6-9-14(20)13-8-7-12(18)10-15(13)22-5;1-8-3-6-11(14-8)10-5-4-9(13)7-12(10)15-2;3-2(4,5)1-6;1-2/h7-8,10-11H,6,9H2,1-5H3,(H,19,21);4-5,7-8H,3,6H2,1-2H3;1H;1-2H3/i;;;1D. The Labute approximate surface area is 269 Å². The monoisotopic (exact) mass is 661 g/mol. The molecule has 1 aliphatic rings. The third-order valence-electron chi connectivity index (χ3n) is 5.81. The minimum Gasteiger partial charge on any atom is -0.496 e. The van der Waals surface area contributed by atoms with Gasteiger partial charge in [0.1, 0.15) is 28.7 Å². The second kappa shape index (κ2) is 20.2. The first-order valence-electron chi connectivity index (χ1n) is 15.1. The normalized spacial score (nSPS) is 14.7. The summed E-state index contributed by atoms with van der Waals surface area (Å²) in [4.78, 5) is 37.1. The predicted octanol–water partition coefficient (Wildman–Crippen LogP) is 8.29. The molecule has 0 aliphatic carbocycles. The molecule has 2 atom stereocenters. The van der Waals surface area contributed by atoms with E-state index in [1.54, 1.807) is 47.8 Å². The Hall–Kier alpha value is -4.03. The van der Waals surface area contributed by atoms with E-state index in [9.17, 15) is 31.5 Å². The summed E-state index contributed by atoms with van der Waals surface area (Å²) in [6, 6.07) is 8.54. The lowest BCUT2D eigenvalue weighted by Crippen LogP contribution is -2.37. The molecule has 13 heteroatoms. The summed E-state index contributed by atoms with van der Waals surface area (Å²) in [5.41, 5.74) is 1.71. The quantitative estimate of drug-likeness (QED) is 0.174. The number of alkyl halides is 3. The summed E-state index contributed by atoms with van der Waals surface area (Å²) in [6.07, 6.45) is -3.55. The van der Waals surface area contributed by atoms with Crippen LogP contribution in [0.25, 0.3) is 0 Å². The van der Waals surface area contributed by atoms with Crippen molar-refractivity contribution in [2.24, 2.45) is 4.99 Å². The summed E-state index contributed by atoms with van der Waals surface area (Å²) in [5.74, 6) is -0.120. The average molecular weight is 662 g/mol. The Kier molecular flexibility index (Phi) is 17.5. The molecule has 0 saturated heterocycles. The van der Waals surface area contributed by atoms with Crippen molar-refractivity contribution >= 4 is 23.9 Å². The topological polar surface area (TPSA) is 103 Å². The zero-order valence-corrected chi connectivity index (χ0v) is 27.5. The zero-order chi connectivity index (χ0) is 36.4. The summed E-state index contributed by atoms with van der Waals surface area (Å²) in [5, 5.41) is 2.68. The lowest BCUT2D eigenvalue weighted by molar-refractivity contribution is -0.156. The molecule has 0 spiro atoms. The highest BCUT2D eigenvalue weighted by molar-refractivity contribution is 6.04. The van der Waals surface area contributed by atoms with E-state index in [-0.39, 0.29) is 29.8 Å². The fraction of sp³-hybridized carbons (Fsp3) is 0.515. The third-order valence-corrected chi connectivity index (χ3v) is 5.81. The fourth-order valence-electron chi connectivity index (χ4n) is 3.81. The molecule has 0 radical (unpaired) electrons. The molecule has 46 heavy (non-hydrogen) atoms. The molecule has 2 aromatic rings. The minimum absolute atomic E-state index is 0.167. The maximum absolute atomic E-state index is 13.1. The molecule has 1 aliphatic heterocycles. The minimum atomic E-state index is -4.64. The van der Waals surface area contributed by atoms with Gasteiger partial charge in [0.15, 0.2) is 5.78 Å². The van der Waals surface area contributed by atoms with E-state index in [0.29, 0.717) is 30.7 Å². The van der Waals surface area contributed by atoms with Crippen LogP contribution in [0.3, 0.4) is 0 Å². The lowest BCUT2D eigenvalue weighted by atomic mass is 10.0. The number of alkyl carbamates (subject to hydrolysis) is 1. The Morgan fingerprint density at radius 2 is 1.59 bits per heavy atom. The highest BCUT2D eigenvalue weighted by Gasteiger charge is 2.25. The number of ether oxygens (including phenoxy) is 3. The van der Waals surface area contributed by atoms with Crippen molar-refractivity contribution in [3.63, 3.8) is 0 Å². The highest BCUT2D eigenvalue weighted by Crippen LogP contribution is 2.26. The van der Waals surface area contributed by atoms with Crippen molar-refractivity contribution in [3.05, 3.63) is 59.2 Å². The molecular weight excluding hydrogens is 615 g/mol. The molecule has 1 heterocycles. The summed E-state index contributed by atoms with van der Waals surface area (Å²) >= 11 is 0. The summed E-state index contributed by atoms with van der Waals surface area (Å²) in [7, 11) is 2.94. The smallest absolute Gasteiger partial charge is 0.446 e. The van der Waals surface area contributed by atoms with Gasteiger partial charge in [0.2, 0.25) is 6.29 Å². The van der Waals surface area contributed by atoms with Gasteiger partial charge in [-0.05, 0) is 78.1 Å². The Morgan fingerprint density at radius 1 is 1.07 bits per heavy atom. The number of hydrogen-bond donors (Lipinski definition) is 1. The van der Waals surface area contributed by atoms with Crippen LogP contribution in [0, 0.1) is 11.6 Å². The van der Waals surface area contributed by atoms with Gasteiger partial charge in [-0.3, -0.25) is 14.6 Å². The molecule has 0 aromatic heterocycles. The average Bonchev–Trinajstić information content (AvgIpc) is 3.41. The molecule has 0 saturated carbocycles. The van der Waals surface area contributed by atoms with Crippen molar-refractivity contribution in [2.45, 2.75) is 98.0 Å². The molecular formula is C33H45F5N2O6. The first kappa shape index (κ1) is 40.0. The number of nitrogens with zero attached hydrogens (tertiary/aromatic N) is 1. The number of rotatable bonds is 8. The van der Waals surface area contributed by atoms with E-state index in [4.69, 9.17) is 20.4 Å². The van der Waals surface area contributed by atoms with Gasteiger partial charge < -0.3 is 19.5 Å². The van der Waals surface area contributed by atoms with Crippen LogP contribution in [0.15, 0.2) is 41.4 Å². The van der Waals surface area contributed by atoms with Crippen LogP contribution in [-0.4, -0.2) is 62.0 Å². The number of ketones is 1. The summed E-state index contributed by atoms with van der Waals surface area (Å²) in [6.45, 7) is 11.5. The number of aliphatic imine (C=N–C) groups is 1. The Morgan fingerprint density at radius 3 is 2.04 bits per heavy atom. The van der Waals surface area contributed by atoms with E-state index in [2.05, 4.69) is 17.2 Å². The van der Waals surface area contributed by atoms with Crippen LogP contribution in [0.5, 0.6) is 11.5 Å². The van der Waals surface area contributed by atoms with E-state index in [1.807, 2.05) is 0 Å². The number of carbonyl (C=O) groups is 3. The van der Waals surface area contributed by atoms with E-state index in [0.717, 1.165) is 24.1 Å². The van der Waals surface area contributed by atoms with Gasteiger partial charge in [-0.1, -0.05) is 13.8 Å². The number of hydrogen-bond acceptors (Lipinski definition) is 7. The number of aldehydes is 1. The molecule has 8 nitrogen and oxygen atoms in total. The van der Waals surface area contributed by atoms with Crippen molar-refractivity contribution < 1.29 is 51.9 Å². The molecule has 3 rings (SSSR count). The first-order chi connectivity index (χ1) is 21.8.